The molecule has 0 spiro atoms. The predicted octanol–water partition coefficient (Wildman–Crippen LogP) is 1.89. The molecule has 1 amide bonds. The molecule has 1 aliphatic rings. The Kier molecular flexibility index (Phi) is 7.02. The van der Waals surface area contributed by atoms with Gasteiger partial charge in [0.2, 0.25) is 0 Å². The number of hydrogen-bond acceptors (Lipinski definition) is 8. The number of rotatable bonds is 7. The fourth-order valence-corrected chi connectivity index (χ4v) is 4.09. The van der Waals surface area contributed by atoms with Crippen molar-refractivity contribution in [2.45, 2.75) is 17.9 Å². The van der Waals surface area contributed by atoms with E-state index in [0.717, 1.165) is 0 Å². The van der Waals surface area contributed by atoms with Crippen LogP contribution in [-0.4, -0.2) is 68.1 Å². The molecule has 1 N–H and O–H groups in total. The highest BCUT2D eigenvalue weighted by Gasteiger charge is 2.22. The third-order valence-corrected chi connectivity index (χ3v) is 6.12. The third-order valence-electron chi connectivity index (χ3n) is 5.48. The van der Waals surface area contributed by atoms with Crippen LogP contribution in [-0.2, 0) is 22.4 Å². The normalized spacial score (nSPS) is 15.5. The molecule has 1 fully saturated rings. The Morgan fingerprint density at radius 1 is 1.12 bits per heavy atom. The van der Waals surface area contributed by atoms with Crippen LogP contribution in [0.5, 0.6) is 0 Å². The van der Waals surface area contributed by atoms with E-state index in [-0.39, 0.29) is 17.3 Å². The van der Waals surface area contributed by atoms with Crippen LogP contribution in [0.15, 0.2) is 56.6 Å². The van der Waals surface area contributed by atoms with Crippen LogP contribution in [0.2, 0.25) is 0 Å². The number of ketones is 1. The van der Waals surface area contributed by atoms with Gasteiger partial charge in [-0.15, -0.1) is 0 Å². The van der Waals surface area contributed by atoms with Gasteiger partial charge in [0.05, 0.1) is 5.52 Å². The summed E-state index contributed by atoms with van der Waals surface area (Å²) >= 11 is -2.33. The summed E-state index contributed by atoms with van der Waals surface area (Å²) < 4.78 is 32.4. The lowest BCUT2D eigenvalue weighted by atomic mass is 10.1. The van der Waals surface area contributed by atoms with Crippen molar-refractivity contribution in [2.75, 3.05) is 32.7 Å². The largest absolute Gasteiger partial charge is 0.768 e. The van der Waals surface area contributed by atoms with Crippen molar-refractivity contribution in [2.24, 2.45) is 0 Å². The van der Waals surface area contributed by atoms with Crippen molar-refractivity contribution in [3.05, 3.63) is 64.1 Å². The van der Waals surface area contributed by atoms with E-state index >= 15 is 0 Å². The van der Waals surface area contributed by atoms with Gasteiger partial charge in [0.1, 0.15) is 6.61 Å². The molecule has 10 nitrogen and oxygen atoms in total. The first-order valence-corrected chi connectivity index (χ1v) is 11.4. The minimum atomic E-state index is -2.33. The number of hydrogen-bond donors (Lipinski definition) is 1. The van der Waals surface area contributed by atoms with Crippen LogP contribution >= 0.6 is 0 Å². The number of aromatic amines is 1. The van der Waals surface area contributed by atoms with E-state index < -0.39 is 22.9 Å². The van der Waals surface area contributed by atoms with Crippen LogP contribution in [0.4, 0.5) is 4.79 Å². The Labute approximate surface area is 191 Å². The van der Waals surface area contributed by atoms with Crippen LogP contribution in [0, 0.1) is 0 Å². The number of aromatic nitrogens is 1. The Balaban J connectivity index is 1.21. The molecule has 0 radical (unpaired) electrons. The lowest BCUT2D eigenvalue weighted by Crippen LogP contribution is -2.49. The molecule has 0 saturated carbocycles. The topological polar surface area (TPSA) is 136 Å². The van der Waals surface area contributed by atoms with E-state index in [1.165, 1.54) is 12.1 Å². The molecule has 1 unspecified atom stereocenters. The molecule has 4 rings (SSSR count). The number of amides is 1. The van der Waals surface area contributed by atoms with Gasteiger partial charge in [0.15, 0.2) is 11.4 Å². The number of benzene rings is 2. The molecular weight excluding hydrogens is 450 g/mol. The van der Waals surface area contributed by atoms with Gasteiger partial charge >= 0.3 is 11.8 Å². The van der Waals surface area contributed by atoms with E-state index in [2.05, 4.69) is 9.88 Å². The maximum absolute atomic E-state index is 12.5. The number of H-pyrrole nitrogens is 1. The van der Waals surface area contributed by atoms with Gasteiger partial charge in [0, 0.05) is 49.6 Å². The molecule has 2 heterocycles. The quantitative estimate of drug-likeness (QED) is 0.407. The molecular formula is C22H22N3O7S-. The number of nitrogens with zero attached hydrogens (tertiary/aromatic N) is 2. The molecule has 2 aromatic carbocycles. The highest BCUT2D eigenvalue weighted by molar-refractivity contribution is 7.79. The molecule has 174 valence electrons. The maximum atomic E-state index is 12.5. The number of nitrogens with one attached hydrogen (secondary N) is 1. The first-order chi connectivity index (χ1) is 15.9. The van der Waals surface area contributed by atoms with Gasteiger partial charge in [-0.05, 0) is 47.0 Å². The zero-order chi connectivity index (χ0) is 23.4. The second-order valence-corrected chi connectivity index (χ2v) is 8.60. The summed E-state index contributed by atoms with van der Waals surface area (Å²) in [5, 5.41) is 0. The van der Waals surface area contributed by atoms with Crippen LogP contribution in [0.25, 0.3) is 11.1 Å². The monoisotopic (exact) mass is 472 g/mol. The summed E-state index contributed by atoms with van der Waals surface area (Å²) in [5.74, 6) is -0.609. The van der Waals surface area contributed by atoms with Gasteiger partial charge in [-0.2, -0.15) is 0 Å². The van der Waals surface area contributed by atoms with Crippen molar-refractivity contribution < 1.29 is 27.5 Å². The summed E-state index contributed by atoms with van der Waals surface area (Å²) in [5.41, 5.74) is 1.98. The Hall–Kier alpha value is -3.28. The predicted molar refractivity (Wildman–Crippen MR) is 118 cm³/mol. The second-order valence-electron chi connectivity index (χ2n) is 7.66. The number of fused-ring (bicyclic) bond motifs is 1. The van der Waals surface area contributed by atoms with E-state index in [0.29, 0.717) is 61.4 Å². The van der Waals surface area contributed by atoms with E-state index in [4.69, 9.17) is 9.15 Å². The molecule has 1 saturated heterocycles. The highest BCUT2D eigenvalue weighted by Crippen LogP contribution is 2.15. The van der Waals surface area contributed by atoms with Gasteiger partial charge in [-0.3, -0.25) is 18.9 Å². The summed E-state index contributed by atoms with van der Waals surface area (Å²) in [6.45, 7) is 2.70. The average molecular weight is 472 g/mol. The molecule has 11 heteroatoms. The summed E-state index contributed by atoms with van der Waals surface area (Å²) in [7, 11) is 0. The zero-order valence-corrected chi connectivity index (χ0v) is 18.5. The number of Topliss-reactive ketones (excluding diaryl/α,β-unsaturated/α-hetero) is 1. The highest BCUT2D eigenvalue weighted by atomic mass is 32.2. The first kappa shape index (κ1) is 22.9. The Morgan fingerprint density at radius 2 is 1.91 bits per heavy atom. The molecule has 3 aromatic rings. The van der Waals surface area contributed by atoms with Crippen LogP contribution in [0.1, 0.15) is 22.3 Å². The lowest BCUT2D eigenvalue weighted by Gasteiger charge is -2.33. The molecule has 0 aliphatic carbocycles. The van der Waals surface area contributed by atoms with E-state index in [1.54, 1.807) is 35.2 Å². The molecule has 1 atom stereocenters. The molecule has 1 aromatic heterocycles. The Morgan fingerprint density at radius 3 is 2.67 bits per heavy atom. The van der Waals surface area contributed by atoms with Crippen LogP contribution in [0.3, 0.4) is 0 Å². The number of oxazole rings is 1. The average Bonchev–Trinajstić information content (AvgIpc) is 3.20. The summed E-state index contributed by atoms with van der Waals surface area (Å²) in [6.07, 6.45) is -0.150. The maximum Gasteiger partial charge on any atom is 0.417 e. The van der Waals surface area contributed by atoms with Gasteiger partial charge < -0.3 is 18.6 Å². The van der Waals surface area contributed by atoms with Gasteiger partial charge in [0.25, 0.3) is 0 Å². The number of ether oxygens (including phenoxy) is 1. The number of carbonyl (C=O) groups is 2. The van der Waals surface area contributed by atoms with Crippen molar-refractivity contribution in [3.8, 4) is 0 Å². The lowest BCUT2D eigenvalue weighted by molar-refractivity contribution is 0.0696. The smallest absolute Gasteiger partial charge is 0.417 e. The van der Waals surface area contributed by atoms with Gasteiger partial charge in [-0.25, -0.2) is 9.59 Å². The second kappa shape index (κ2) is 10.1. The molecule has 0 bridgehead atoms. The standard InChI is InChI=1S/C22H23N3O7S/c26-19(16-4-5-18-20(13-16)32-21(27)23-18)6-7-24-8-10-25(11-9-24)22(28)31-14-15-2-1-3-17(12-15)33(29)30/h1-5,12-13H,6-11,14H2,(H,23,27)(H,29,30)/p-1. The third kappa shape index (κ3) is 5.75. The Bertz CT molecular complexity index is 1240. The first-order valence-electron chi connectivity index (χ1n) is 10.4. The molecule has 1 aliphatic heterocycles. The fourth-order valence-electron chi connectivity index (χ4n) is 3.65. The number of carbonyl (C=O) groups excluding carboxylic acids is 2. The van der Waals surface area contributed by atoms with Crippen molar-refractivity contribution >= 4 is 34.1 Å². The van der Waals surface area contributed by atoms with Crippen molar-refractivity contribution in [1.82, 2.24) is 14.8 Å². The molecule has 33 heavy (non-hydrogen) atoms. The van der Waals surface area contributed by atoms with Crippen molar-refractivity contribution in [1.29, 1.82) is 0 Å². The zero-order valence-electron chi connectivity index (χ0n) is 17.7. The van der Waals surface area contributed by atoms with E-state index in [1.807, 2.05) is 0 Å². The van der Waals surface area contributed by atoms with Crippen molar-refractivity contribution in [3.63, 3.8) is 0 Å². The van der Waals surface area contributed by atoms with Gasteiger partial charge in [-0.1, -0.05) is 12.1 Å². The van der Waals surface area contributed by atoms with E-state index in [9.17, 15) is 23.1 Å². The minimum Gasteiger partial charge on any atom is -0.768 e. The summed E-state index contributed by atoms with van der Waals surface area (Å²) in [4.78, 5) is 42.5. The SMILES string of the molecule is O=C(CCN1CCN(C(=O)OCc2cccc(S(=O)[O-])c2)CC1)c1ccc2[nH]c(=O)oc2c1. The number of piperazine rings is 1. The summed E-state index contributed by atoms with van der Waals surface area (Å²) in [6, 6.07) is 11.1. The fraction of sp³-hybridized carbons (Fsp3) is 0.318. The van der Waals surface area contributed by atoms with Crippen LogP contribution < -0.4 is 5.76 Å². The minimum absolute atomic E-state index is 0.00972.